The fraction of sp³-hybridized carbons (Fsp3) is 0.308. The molecular formula is C13H17NO2S. The smallest absolute Gasteiger partial charge is 0.261 e. The minimum Gasteiger partial charge on any atom is -0.396 e. The lowest BCUT2D eigenvalue weighted by molar-refractivity contribution is -0.112. The number of rotatable bonds is 5. The minimum atomic E-state index is -0.116. The van der Waals surface area contributed by atoms with E-state index in [1.807, 2.05) is 44.2 Å². The fourth-order valence-corrected chi connectivity index (χ4v) is 2.06. The van der Waals surface area contributed by atoms with E-state index in [1.54, 1.807) is 0 Å². The van der Waals surface area contributed by atoms with E-state index >= 15 is 0 Å². The van der Waals surface area contributed by atoms with Crippen LogP contribution in [-0.4, -0.2) is 23.4 Å². The zero-order chi connectivity index (χ0) is 12.7. The van der Waals surface area contributed by atoms with Crippen LogP contribution in [0, 0.1) is 0 Å². The number of anilines is 1. The third-order valence-corrected chi connectivity index (χ3v) is 3.30. The minimum absolute atomic E-state index is 0.0695. The van der Waals surface area contributed by atoms with Gasteiger partial charge in [0.05, 0.1) is 11.5 Å². The van der Waals surface area contributed by atoms with Gasteiger partial charge in [-0.2, -0.15) is 0 Å². The molecule has 0 unspecified atom stereocenters. The van der Waals surface area contributed by atoms with Crippen LogP contribution in [0.2, 0.25) is 0 Å². The van der Waals surface area contributed by atoms with Gasteiger partial charge in [0.1, 0.15) is 0 Å². The monoisotopic (exact) mass is 251 g/mol. The van der Waals surface area contributed by atoms with Crippen molar-refractivity contribution in [2.24, 2.45) is 0 Å². The molecule has 0 saturated carbocycles. The largest absolute Gasteiger partial charge is 0.396 e. The van der Waals surface area contributed by atoms with Gasteiger partial charge in [-0.05, 0) is 26.0 Å². The van der Waals surface area contributed by atoms with Crippen molar-refractivity contribution in [3.05, 3.63) is 40.8 Å². The lowest BCUT2D eigenvalue weighted by Gasteiger charge is -2.09. The quantitative estimate of drug-likeness (QED) is 0.791. The first kappa shape index (κ1) is 13.8. The highest BCUT2D eigenvalue weighted by molar-refractivity contribution is 8.04. The molecule has 2 N–H and O–H groups in total. The van der Waals surface area contributed by atoms with Gasteiger partial charge in [0.2, 0.25) is 0 Å². The molecule has 0 atom stereocenters. The second-order valence-electron chi connectivity index (χ2n) is 3.72. The van der Waals surface area contributed by atoms with Crippen LogP contribution >= 0.6 is 11.8 Å². The molecule has 1 rings (SSSR count). The fourth-order valence-electron chi connectivity index (χ4n) is 1.29. The maximum absolute atomic E-state index is 12.0. The molecule has 0 aliphatic rings. The molecule has 0 fully saturated rings. The number of allylic oxidation sites excluding steroid dienone is 1. The molecule has 0 aromatic heterocycles. The number of hydrogen-bond acceptors (Lipinski definition) is 3. The number of aliphatic hydroxyl groups excluding tert-OH is 1. The van der Waals surface area contributed by atoms with Crippen LogP contribution in [0.25, 0.3) is 0 Å². The number of hydrogen-bond donors (Lipinski definition) is 2. The number of amides is 1. The van der Waals surface area contributed by atoms with Crippen LogP contribution in [-0.2, 0) is 4.79 Å². The van der Waals surface area contributed by atoms with Crippen molar-refractivity contribution in [2.75, 3.05) is 17.7 Å². The third kappa shape index (κ3) is 4.63. The Morgan fingerprint density at radius 3 is 2.47 bits per heavy atom. The summed E-state index contributed by atoms with van der Waals surface area (Å²) in [4.78, 5) is 12.7. The Bertz CT molecular complexity index is 397. The Kier molecular flexibility index (Phi) is 5.80. The molecule has 1 aromatic rings. The van der Waals surface area contributed by atoms with Crippen molar-refractivity contribution in [1.82, 2.24) is 0 Å². The Balaban J connectivity index is 2.70. The van der Waals surface area contributed by atoms with E-state index in [1.165, 1.54) is 11.8 Å². The molecule has 17 heavy (non-hydrogen) atoms. The average Bonchev–Trinajstić information content (AvgIpc) is 2.30. The van der Waals surface area contributed by atoms with Gasteiger partial charge in [0.15, 0.2) is 0 Å². The summed E-state index contributed by atoms with van der Waals surface area (Å²) in [6.45, 7) is 3.86. The molecule has 0 aliphatic heterocycles. The van der Waals surface area contributed by atoms with Crippen LogP contribution < -0.4 is 5.32 Å². The number of carbonyl (C=O) groups is 1. The molecule has 0 radical (unpaired) electrons. The van der Waals surface area contributed by atoms with Gasteiger partial charge in [-0.3, -0.25) is 4.79 Å². The van der Waals surface area contributed by atoms with E-state index in [9.17, 15) is 4.79 Å². The van der Waals surface area contributed by atoms with Gasteiger partial charge in [-0.25, -0.2) is 0 Å². The predicted octanol–water partition coefficient (Wildman–Crippen LogP) is 2.64. The Morgan fingerprint density at radius 1 is 1.29 bits per heavy atom. The van der Waals surface area contributed by atoms with Crippen molar-refractivity contribution in [3.8, 4) is 0 Å². The van der Waals surface area contributed by atoms with Crippen LogP contribution in [0.1, 0.15) is 13.8 Å². The van der Waals surface area contributed by atoms with Crippen molar-refractivity contribution in [1.29, 1.82) is 0 Å². The summed E-state index contributed by atoms with van der Waals surface area (Å²) in [5.41, 5.74) is 1.73. The molecule has 0 bridgehead atoms. The number of benzene rings is 1. The zero-order valence-electron chi connectivity index (χ0n) is 10.1. The number of carbonyl (C=O) groups excluding carboxylic acids is 1. The summed E-state index contributed by atoms with van der Waals surface area (Å²) in [5, 5.41) is 11.6. The summed E-state index contributed by atoms with van der Waals surface area (Å²) in [5.74, 6) is 0.414. The Labute approximate surface area is 106 Å². The summed E-state index contributed by atoms with van der Waals surface area (Å²) in [6.07, 6.45) is 0. The van der Waals surface area contributed by atoms with E-state index < -0.39 is 0 Å². The lowest BCUT2D eigenvalue weighted by atomic mass is 10.3. The molecule has 3 nitrogen and oxygen atoms in total. The maximum Gasteiger partial charge on any atom is 0.261 e. The second-order valence-corrected chi connectivity index (χ2v) is 4.83. The maximum atomic E-state index is 12.0. The van der Waals surface area contributed by atoms with Crippen LogP contribution in [0.5, 0.6) is 0 Å². The highest BCUT2D eigenvalue weighted by Crippen LogP contribution is 2.21. The first-order chi connectivity index (χ1) is 8.15. The third-order valence-electron chi connectivity index (χ3n) is 2.03. The van der Waals surface area contributed by atoms with Gasteiger partial charge >= 0.3 is 0 Å². The first-order valence-electron chi connectivity index (χ1n) is 5.42. The van der Waals surface area contributed by atoms with Crippen molar-refractivity contribution >= 4 is 23.4 Å². The number of nitrogens with one attached hydrogen (secondary N) is 1. The van der Waals surface area contributed by atoms with Crippen molar-refractivity contribution < 1.29 is 9.90 Å². The van der Waals surface area contributed by atoms with Gasteiger partial charge < -0.3 is 10.4 Å². The second kappa shape index (κ2) is 7.14. The molecule has 92 valence electrons. The number of para-hydroxylation sites is 1. The van der Waals surface area contributed by atoms with Crippen LogP contribution in [0.4, 0.5) is 5.69 Å². The summed E-state index contributed by atoms with van der Waals surface area (Å²) >= 11 is 1.37. The topological polar surface area (TPSA) is 49.3 Å². The summed E-state index contributed by atoms with van der Waals surface area (Å²) in [6, 6.07) is 9.34. The lowest BCUT2D eigenvalue weighted by Crippen LogP contribution is -2.14. The first-order valence-corrected chi connectivity index (χ1v) is 6.41. The van der Waals surface area contributed by atoms with Crippen molar-refractivity contribution in [3.63, 3.8) is 0 Å². The van der Waals surface area contributed by atoms with E-state index in [2.05, 4.69) is 5.32 Å². The molecule has 1 aromatic carbocycles. The molecule has 0 saturated heterocycles. The van der Waals surface area contributed by atoms with Crippen molar-refractivity contribution in [2.45, 2.75) is 13.8 Å². The van der Waals surface area contributed by atoms with E-state index in [4.69, 9.17) is 5.11 Å². The molecular weight excluding hydrogens is 234 g/mol. The van der Waals surface area contributed by atoms with Gasteiger partial charge in [-0.15, -0.1) is 11.8 Å². The number of aliphatic hydroxyl groups is 1. The Hall–Kier alpha value is -1.26. The number of thioether (sulfide) groups is 1. The SMILES string of the molecule is CC(C)=C(SCCO)C(=O)Nc1ccccc1. The van der Waals surface area contributed by atoms with Crippen LogP contribution in [0.15, 0.2) is 40.8 Å². The van der Waals surface area contributed by atoms with Gasteiger partial charge in [0, 0.05) is 11.4 Å². The Morgan fingerprint density at radius 2 is 1.94 bits per heavy atom. The van der Waals surface area contributed by atoms with Gasteiger partial charge in [-0.1, -0.05) is 23.8 Å². The molecule has 0 spiro atoms. The normalized spacial score (nSPS) is 9.82. The van der Waals surface area contributed by atoms with Gasteiger partial charge in [0.25, 0.3) is 5.91 Å². The summed E-state index contributed by atoms with van der Waals surface area (Å²) in [7, 11) is 0. The predicted molar refractivity (Wildman–Crippen MR) is 73.0 cm³/mol. The molecule has 4 heteroatoms. The highest BCUT2D eigenvalue weighted by Gasteiger charge is 2.11. The average molecular weight is 251 g/mol. The van der Waals surface area contributed by atoms with E-state index in [0.717, 1.165) is 11.3 Å². The van der Waals surface area contributed by atoms with Crippen LogP contribution in [0.3, 0.4) is 0 Å². The van der Waals surface area contributed by atoms with E-state index in [0.29, 0.717) is 10.7 Å². The zero-order valence-corrected chi connectivity index (χ0v) is 10.9. The highest BCUT2D eigenvalue weighted by atomic mass is 32.2. The van der Waals surface area contributed by atoms with E-state index in [-0.39, 0.29) is 12.5 Å². The molecule has 0 heterocycles. The molecule has 1 amide bonds. The standard InChI is InChI=1S/C13H17NO2S/c1-10(2)12(17-9-8-15)13(16)14-11-6-4-3-5-7-11/h3-7,15H,8-9H2,1-2H3,(H,14,16). The summed E-state index contributed by atoms with van der Waals surface area (Å²) < 4.78 is 0. The molecule has 0 aliphatic carbocycles.